The van der Waals surface area contributed by atoms with Crippen molar-refractivity contribution in [3.8, 4) is 0 Å². The van der Waals surface area contributed by atoms with E-state index in [0.29, 0.717) is 16.7 Å². The zero-order chi connectivity index (χ0) is 38.2. The highest BCUT2D eigenvalue weighted by atomic mass is 16.8. The minimum atomic E-state index is -1.66. The lowest BCUT2D eigenvalue weighted by Gasteiger charge is -2.49. The van der Waals surface area contributed by atoms with Crippen molar-refractivity contribution in [2.24, 2.45) is 5.41 Å². The third-order valence-corrected chi connectivity index (χ3v) is 10.5. The quantitative estimate of drug-likeness (QED) is 0.155. The lowest BCUT2D eigenvalue weighted by Crippen LogP contribution is -2.71. The predicted octanol–water partition coefficient (Wildman–Crippen LogP) is 1.25. The topological polar surface area (TPSA) is 176 Å². The molecule has 0 radical (unpaired) electrons. The summed E-state index contributed by atoms with van der Waals surface area (Å²) in [6, 6.07) is 23.3. The smallest absolute Gasteiger partial charge is 0.327 e. The Labute approximate surface area is 312 Å². The van der Waals surface area contributed by atoms with E-state index in [2.05, 4.69) is 10.6 Å². The van der Waals surface area contributed by atoms with Crippen LogP contribution in [0.25, 0.3) is 6.08 Å². The lowest BCUT2D eigenvalue weighted by atomic mass is 9.62. The summed E-state index contributed by atoms with van der Waals surface area (Å²) in [7, 11) is 3.32. The molecule has 0 spiro atoms. The van der Waals surface area contributed by atoms with Gasteiger partial charge in [-0.15, -0.1) is 0 Å². The summed E-state index contributed by atoms with van der Waals surface area (Å²) in [5, 5.41) is 26.6. The van der Waals surface area contributed by atoms with Gasteiger partial charge in [-0.3, -0.25) is 24.0 Å². The number of ether oxygens (including phenoxy) is 3. The van der Waals surface area contributed by atoms with Crippen LogP contribution < -0.4 is 10.6 Å². The van der Waals surface area contributed by atoms with Crippen LogP contribution >= 0.6 is 0 Å². The van der Waals surface area contributed by atoms with Crippen LogP contribution in [0.3, 0.4) is 0 Å². The molecular weight excluding hydrogens is 696 g/mol. The number of aliphatic hydroxyl groups is 2. The second-order valence-corrected chi connectivity index (χ2v) is 14.3. The van der Waals surface area contributed by atoms with Crippen molar-refractivity contribution in [2.45, 2.75) is 68.3 Å². The molecule has 3 aromatic carbocycles. The summed E-state index contributed by atoms with van der Waals surface area (Å²) in [5.41, 5.74) is 1.16. The highest BCUT2D eigenvalue weighted by Gasteiger charge is 2.76. The molecule has 54 heavy (non-hydrogen) atoms. The van der Waals surface area contributed by atoms with Crippen molar-refractivity contribution in [2.75, 3.05) is 27.2 Å². The Hall–Kier alpha value is -4.96. The number of hydrogen-bond donors (Lipinski definition) is 4. The van der Waals surface area contributed by atoms with Gasteiger partial charge in [0, 0.05) is 44.3 Å². The molecule has 7 rings (SSSR count). The molecule has 3 saturated heterocycles. The lowest BCUT2D eigenvalue weighted by molar-refractivity contribution is -0.213. The molecule has 284 valence electrons. The molecule has 3 aliphatic heterocycles. The van der Waals surface area contributed by atoms with E-state index in [1.54, 1.807) is 20.2 Å². The van der Waals surface area contributed by atoms with Crippen molar-refractivity contribution < 1.29 is 48.4 Å². The maximum atomic E-state index is 14.9. The fraction of sp³-hybridized carbons (Fsp3) is 0.400. The highest BCUT2D eigenvalue weighted by molar-refractivity contribution is 5.96. The van der Waals surface area contributed by atoms with Gasteiger partial charge in [0.2, 0.25) is 23.5 Å². The Morgan fingerprint density at radius 3 is 2.28 bits per heavy atom. The van der Waals surface area contributed by atoms with Crippen molar-refractivity contribution in [1.82, 2.24) is 20.6 Å². The van der Waals surface area contributed by atoms with E-state index in [0.717, 1.165) is 5.56 Å². The largest absolute Gasteiger partial charge is 0.458 e. The normalized spacial score (nSPS) is 27.8. The molecule has 4 N–H and O–H groups in total. The number of likely N-dealkylation sites (N-methyl/N-ethyl adjacent to an activating group) is 1. The van der Waals surface area contributed by atoms with Gasteiger partial charge in [-0.1, -0.05) is 84.9 Å². The number of nitrogens with one attached hydrogen (secondary N) is 2. The van der Waals surface area contributed by atoms with Crippen LogP contribution in [-0.4, -0.2) is 114 Å². The van der Waals surface area contributed by atoms with E-state index in [1.807, 2.05) is 84.9 Å². The van der Waals surface area contributed by atoms with Gasteiger partial charge >= 0.3 is 5.97 Å². The SMILES string of the molecule is C[C@H](O)[C@@H](NC(=O)[C@@]12C[C@H]3OC(=O)[C@@H]1N(Cc1cccc(C=CC(=O)N(C)C)c1)O[C@@H]2[C@H]1OC(c2ccccc2)(c2ccccc2)O[C@H]13)C(=O)NCCO. The van der Waals surface area contributed by atoms with E-state index in [4.69, 9.17) is 19.0 Å². The van der Waals surface area contributed by atoms with Gasteiger partial charge in [-0.05, 0) is 24.1 Å². The van der Waals surface area contributed by atoms with Gasteiger partial charge in [-0.2, -0.15) is 5.06 Å². The standard InChI is InChI=1S/C40H44N4O10/c1-24(46)31(36(48)41-19-20-45)42-38(50)39-22-29-32-33(53-40(52-32,27-13-6-4-7-14-27)28-15-8-5-9-16-28)35(39)54-44(34(39)37(49)51-29)23-26-12-10-11-25(21-26)17-18-30(47)43(2)3/h4-18,21,24,29,31-35,45-46H,19-20,22-23H2,1-3H3,(H,41,48)(H,42,50)/t24-,29+,31+,32-,33-,34-,35+,39-/m0/s1. The van der Waals surface area contributed by atoms with Gasteiger partial charge in [0.15, 0.2) is 6.04 Å². The van der Waals surface area contributed by atoms with Crippen LogP contribution in [0.2, 0.25) is 0 Å². The molecule has 3 aromatic rings. The molecule has 0 unspecified atom stereocenters. The van der Waals surface area contributed by atoms with E-state index in [1.165, 1.54) is 23.0 Å². The minimum Gasteiger partial charge on any atom is -0.458 e. The van der Waals surface area contributed by atoms with E-state index in [9.17, 15) is 29.4 Å². The molecule has 1 saturated carbocycles. The van der Waals surface area contributed by atoms with Gasteiger partial charge in [0.25, 0.3) is 0 Å². The number of esters is 1. The first-order valence-electron chi connectivity index (χ1n) is 17.9. The fourth-order valence-electron chi connectivity index (χ4n) is 7.95. The highest BCUT2D eigenvalue weighted by Crippen LogP contribution is 2.59. The molecule has 4 aliphatic rings. The zero-order valence-corrected chi connectivity index (χ0v) is 30.2. The van der Waals surface area contributed by atoms with Crippen molar-refractivity contribution >= 4 is 29.8 Å². The van der Waals surface area contributed by atoms with Crippen LogP contribution in [0.15, 0.2) is 91.0 Å². The number of carbonyl (C=O) groups excluding carboxylic acids is 4. The van der Waals surface area contributed by atoms with Gasteiger partial charge in [0.1, 0.15) is 35.9 Å². The summed E-state index contributed by atoms with van der Waals surface area (Å²) >= 11 is 0. The maximum Gasteiger partial charge on any atom is 0.327 e. The van der Waals surface area contributed by atoms with E-state index < -0.39 is 71.6 Å². The van der Waals surface area contributed by atoms with Crippen LogP contribution in [0, 0.1) is 5.41 Å². The Bertz CT molecular complexity index is 1870. The number of carbonyl (C=O) groups is 4. The first-order valence-corrected chi connectivity index (χ1v) is 17.9. The number of aliphatic hydroxyl groups excluding tert-OH is 2. The summed E-state index contributed by atoms with van der Waals surface area (Å²) in [6.45, 7) is 0.970. The molecule has 1 aliphatic carbocycles. The molecule has 14 heteroatoms. The molecule has 0 aromatic heterocycles. The van der Waals surface area contributed by atoms with Crippen LogP contribution in [0.1, 0.15) is 35.6 Å². The van der Waals surface area contributed by atoms with Crippen LogP contribution in [-0.2, 0) is 50.6 Å². The molecule has 14 nitrogen and oxygen atoms in total. The molecule has 8 atom stereocenters. The first-order chi connectivity index (χ1) is 26.0. The minimum absolute atomic E-state index is 0.0270. The average Bonchev–Trinajstić information content (AvgIpc) is 3.75. The molecule has 3 amide bonds. The Morgan fingerprint density at radius 2 is 1.65 bits per heavy atom. The summed E-state index contributed by atoms with van der Waals surface area (Å²) in [6.07, 6.45) is -2.07. The monoisotopic (exact) mass is 740 g/mol. The van der Waals surface area contributed by atoms with Crippen molar-refractivity contribution in [3.05, 3.63) is 113 Å². The van der Waals surface area contributed by atoms with Gasteiger partial charge in [0.05, 0.1) is 19.3 Å². The number of amides is 3. The molecule has 4 fully saturated rings. The fourth-order valence-corrected chi connectivity index (χ4v) is 7.95. The van der Waals surface area contributed by atoms with Crippen LogP contribution in [0.4, 0.5) is 0 Å². The summed E-state index contributed by atoms with van der Waals surface area (Å²) in [5.74, 6) is -3.76. The number of hydroxylamine groups is 2. The van der Waals surface area contributed by atoms with E-state index >= 15 is 0 Å². The number of rotatable bonds is 12. The Kier molecular flexibility index (Phi) is 10.4. The van der Waals surface area contributed by atoms with Crippen molar-refractivity contribution in [3.63, 3.8) is 0 Å². The number of nitrogens with zero attached hydrogens (tertiary/aromatic N) is 2. The number of benzene rings is 3. The third kappa shape index (κ3) is 6.59. The molecular formula is C40H44N4O10. The number of fused-ring (bicyclic) bond motifs is 4. The summed E-state index contributed by atoms with van der Waals surface area (Å²) < 4.78 is 20.0. The van der Waals surface area contributed by atoms with Gasteiger partial charge in [-0.25, -0.2) is 0 Å². The third-order valence-electron chi connectivity index (χ3n) is 10.5. The van der Waals surface area contributed by atoms with Gasteiger partial charge < -0.3 is 40.0 Å². The second-order valence-electron chi connectivity index (χ2n) is 14.3. The second kappa shape index (κ2) is 15.1. The first kappa shape index (κ1) is 37.4. The summed E-state index contributed by atoms with van der Waals surface area (Å²) in [4.78, 5) is 62.6. The van der Waals surface area contributed by atoms with Crippen molar-refractivity contribution in [1.29, 1.82) is 0 Å². The van der Waals surface area contributed by atoms with Crippen LogP contribution in [0.5, 0.6) is 0 Å². The molecule has 3 heterocycles. The Balaban J connectivity index is 1.30. The average molecular weight is 741 g/mol. The molecule has 2 bridgehead atoms. The van der Waals surface area contributed by atoms with E-state index in [-0.39, 0.29) is 32.0 Å². The number of hydrogen-bond acceptors (Lipinski definition) is 11. The predicted molar refractivity (Wildman–Crippen MR) is 192 cm³/mol. The maximum absolute atomic E-state index is 14.9. The Morgan fingerprint density at radius 1 is 0.981 bits per heavy atom. The zero-order valence-electron chi connectivity index (χ0n) is 30.2.